The molecule has 20 heteroatoms. The molecule has 0 aliphatic carbocycles. The van der Waals surface area contributed by atoms with Gasteiger partial charge >= 0.3 is 24.7 Å². The molecule has 5 rings (SSSR count). The molecule has 0 radical (unpaired) electrons. The number of hydrogen-bond donors (Lipinski definition) is 0. The normalized spacial score (nSPS) is 12.6. The van der Waals surface area contributed by atoms with E-state index in [2.05, 4.69) is 14.2 Å². The molecule has 0 saturated heterocycles. The minimum Gasteiger partial charge on any atom is -0.429 e. The lowest BCUT2D eigenvalue weighted by Crippen LogP contribution is -2.30. The van der Waals surface area contributed by atoms with E-state index >= 15 is 26.3 Å². The van der Waals surface area contributed by atoms with Crippen LogP contribution in [0.15, 0.2) is 72.8 Å². The maximum atomic E-state index is 15.1. The molecule has 0 unspecified atom stereocenters. The lowest BCUT2D eigenvalue weighted by atomic mass is 9.97. The molecule has 0 spiro atoms. The van der Waals surface area contributed by atoms with Crippen molar-refractivity contribution in [2.75, 3.05) is 0 Å². The second kappa shape index (κ2) is 14.8. The quantitative estimate of drug-likeness (QED) is 0.124. The van der Waals surface area contributed by atoms with Crippen molar-refractivity contribution >= 4 is 0 Å². The van der Waals surface area contributed by atoms with E-state index in [-0.39, 0.29) is 17.7 Å². The highest BCUT2D eigenvalue weighted by Crippen LogP contribution is 2.44. The van der Waals surface area contributed by atoms with Gasteiger partial charge in [-0.3, -0.25) is 0 Å². The molecule has 5 aromatic carbocycles. The summed E-state index contributed by atoms with van der Waals surface area (Å²) in [6, 6.07) is 6.40. The third-order valence-electron chi connectivity index (χ3n) is 7.71. The smallest absolute Gasteiger partial charge is 0.429 e. The maximum absolute atomic E-state index is 15.1. The lowest BCUT2D eigenvalue weighted by Gasteiger charge is -2.23. The van der Waals surface area contributed by atoms with Gasteiger partial charge in [0.1, 0.15) is 74.7 Å². The molecule has 0 fully saturated rings. The van der Waals surface area contributed by atoms with Gasteiger partial charge in [-0.15, -0.1) is 13.2 Å². The predicted molar refractivity (Wildman–Crippen MR) is 159 cm³/mol. The summed E-state index contributed by atoms with van der Waals surface area (Å²) < 4.78 is 252. The van der Waals surface area contributed by atoms with Crippen LogP contribution in [0.2, 0.25) is 0 Å². The van der Waals surface area contributed by atoms with Crippen molar-refractivity contribution in [3.63, 3.8) is 0 Å². The lowest BCUT2D eigenvalue weighted by molar-refractivity contribution is -0.432. The Labute approximate surface area is 302 Å². The van der Waals surface area contributed by atoms with Crippen molar-refractivity contribution in [2.45, 2.75) is 38.0 Å². The van der Waals surface area contributed by atoms with E-state index < -0.39 is 135 Å². The molecule has 0 aromatic heterocycles. The number of halogens is 17. The van der Waals surface area contributed by atoms with Gasteiger partial charge in [-0.1, -0.05) is 31.2 Å². The van der Waals surface area contributed by atoms with Crippen LogP contribution in [0, 0.1) is 46.5 Å². The average molecular weight is 820 g/mol. The molecule has 3 nitrogen and oxygen atoms in total. The summed E-state index contributed by atoms with van der Waals surface area (Å²) in [5.41, 5.74) is -8.17. The summed E-state index contributed by atoms with van der Waals surface area (Å²) in [6.07, 6.45) is -21.9. The number of hydrogen-bond acceptors (Lipinski definition) is 3. The average Bonchev–Trinajstić information content (AvgIpc) is 3.01. The fourth-order valence-corrected chi connectivity index (χ4v) is 5.31. The van der Waals surface area contributed by atoms with E-state index in [1.165, 1.54) is 0 Å². The SMILES string of the molecule is CCc1ccc(-c2cc(F)c(-c3cc(F)c(C(F)(F)Oc4cc(F)c(C(F)(F)Oc5cc(F)c(C(F)(F)OC(F)(F)F)c(F)c5)c(F)c4)c(F)c3)c(F)c2)cc1. The zero-order valence-corrected chi connectivity index (χ0v) is 27.3. The molecular weight excluding hydrogens is 803 g/mol. The molecule has 0 saturated carbocycles. The molecule has 0 bridgehead atoms. The largest absolute Gasteiger partial charge is 0.527 e. The number of aryl methyl sites for hydroxylation is 1. The van der Waals surface area contributed by atoms with Gasteiger partial charge in [-0.25, -0.2) is 39.9 Å². The molecule has 0 aliphatic heterocycles. The van der Waals surface area contributed by atoms with Gasteiger partial charge in [0.2, 0.25) is 0 Å². The summed E-state index contributed by atoms with van der Waals surface area (Å²) in [5.74, 6) is -21.0. The van der Waals surface area contributed by atoms with E-state index in [1.807, 2.05) is 6.92 Å². The summed E-state index contributed by atoms with van der Waals surface area (Å²) in [6.45, 7) is 1.86. The van der Waals surface area contributed by atoms with E-state index in [4.69, 9.17) is 0 Å². The molecule has 0 N–H and O–H groups in total. The van der Waals surface area contributed by atoms with Crippen LogP contribution in [0.1, 0.15) is 29.2 Å². The van der Waals surface area contributed by atoms with Crippen LogP contribution in [0.25, 0.3) is 22.3 Å². The summed E-state index contributed by atoms with van der Waals surface area (Å²) in [7, 11) is 0. The van der Waals surface area contributed by atoms with Crippen molar-refractivity contribution in [1.29, 1.82) is 0 Å². The first-order chi connectivity index (χ1) is 25.8. The first-order valence-electron chi connectivity index (χ1n) is 15.2. The zero-order chi connectivity index (χ0) is 41.7. The van der Waals surface area contributed by atoms with E-state index in [1.54, 1.807) is 24.3 Å². The topological polar surface area (TPSA) is 27.7 Å². The van der Waals surface area contributed by atoms with Crippen molar-refractivity contribution in [3.8, 4) is 33.8 Å². The summed E-state index contributed by atoms with van der Waals surface area (Å²) in [5, 5.41) is 0. The Morgan fingerprint density at radius 3 is 1.11 bits per heavy atom. The van der Waals surface area contributed by atoms with Gasteiger partial charge in [0.15, 0.2) is 0 Å². The zero-order valence-electron chi connectivity index (χ0n) is 27.3. The number of rotatable bonds is 11. The highest BCUT2D eigenvalue weighted by molar-refractivity contribution is 5.72. The third kappa shape index (κ3) is 8.63. The molecular formula is C36H17F17O3. The highest BCUT2D eigenvalue weighted by Gasteiger charge is 2.50. The standard InChI is InChI=1S/C36H17F17O3/c1-2-15-3-5-16(6-4-15)17-7-21(37)29(22(38)8-17)18-9-23(39)30(24(40)10-18)33(45,46)54-19-11-25(41)31(26(42)12-19)34(47,48)55-20-13-27(43)32(28(44)14-20)35(49,50)56-36(51,52)53/h3-14H,2H2,1H3. The van der Waals surface area contributed by atoms with Gasteiger partial charge < -0.3 is 9.47 Å². The van der Waals surface area contributed by atoms with Crippen LogP contribution >= 0.6 is 0 Å². The van der Waals surface area contributed by atoms with Crippen LogP contribution in [-0.4, -0.2) is 6.36 Å². The molecule has 0 atom stereocenters. The Morgan fingerprint density at radius 2 is 0.750 bits per heavy atom. The minimum atomic E-state index is -6.15. The van der Waals surface area contributed by atoms with E-state index in [0.29, 0.717) is 12.0 Å². The van der Waals surface area contributed by atoms with E-state index in [0.717, 1.165) is 17.7 Å². The van der Waals surface area contributed by atoms with Gasteiger partial charge in [-0.05, 0) is 52.9 Å². The number of alkyl halides is 9. The summed E-state index contributed by atoms with van der Waals surface area (Å²) in [4.78, 5) is 0. The monoisotopic (exact) mass is 820 g/mol. The number of benzene rings is 5. The van der Waals surface area contributed by atoms with Crippen molar-refractivity contribution in [2.24, 2.45) is 0 Å². The Morgan fingerprint density at radius 1 is 0.411 bits per heavy atom. The highest BCUT2D eigenvalue weighted by atomic mass is 19.4. The molecule has 56 heavy (non-hydrogen) atoms. The van der Waals surface area contributed by atoms with E-state index in [9.17, 15) is 48.3 Å². The van der Waals surface area contributed by atoms with Crippen molar-refractivity contribution < 1.29 is 88.8 Å². The second-order valence-corrected chi connectivity index (χ2v) is 11.5. The fraction of sp³-hybridized carbons (Fsp3) is 0.167. The molecule has 0 aliphatic rings. The number of ether oxygens (including phenoxy) is 3. The van der Waals surface area contributed by atoms with Crippen LogP contribution in [-0.2, 0) is 29.5 Å². The van der Waals surface area contributed by atoms with Gasteiger partial charge in [0.25, 0.3) is 0 Å². The first kappa shape index (κ1) is 41.6. The molecule has 0 amide bonds. The van der Waals surface area contributed by atoms with Crippen LogP contribution in [0.3, 0.4) is 0 Å². The van der Waals surface area contributed by atoms with Crippen molar-refractivity contribution in [1.82, 2.24) is 0 Å². The predicted octanol–water partition coefficient (Wildman–Crippen LogP) is 12.5. The van der Waals surface area contributed by atoms with Gasteiger partial charge in [-0.2, -0.15) is 26.3 Å². The maximum Gasteiger partial charge on any atom is 0.527 e. The summed E-state index contributed by atoms with van der Waals surface area (Å²) >= 11 is 0. The third-order valence-corrected chi connectivity index (χ3v) is 7.71. The van der Waals surface area contributed by atoms with Crippen LogP contribution < -0.4 is 9.47 Å². The van der Waals surface area contributed by atoms with Crippen molar-refractivity contribution in [3.05, 3.63) is 142 Å². The minimum absolute atomic E-state index is 0.0151. The Hall–Kier alpha value is -5.53. The Bertz CT molecular complexity index is 2190. The molecule has 298 valence electrons. The van der Waals surface area contributed by atoms with Gasteiger partial charge in [0.05, 0.1) is 5.56 Å². The Balaban J connectivity index is 1.39. The molecule has 5 aromatic rings. The second-order valence-electron chi connectivity index (χ2n) is 11.5. The van der Waals surface area contributed by atoms with Gasteiger partial charge in [0, 0.05) is 24.3 Å². The molecule has 0 heterocycles. The van der Waals surface area contributed by atoms with Crippen LogP contribution in [0.4, 0.5) is 74.6 Å². The first-order valence-corrected chi connectivity index (χ1v) is 15.2. The van der Waals surface area contributed by atoms with Crippen LogP contribution in [0.5, 0.6) is 11.5 Å². The Kier molecular flexibility index (Phi) is 11.0. The fourth-order valence-electron chi connectivity index (χ4n) is 5.31.